The lowest BCUT2D eigenvalue weighted by Gasteiger charge is -2.00. The Balaban J connectivity index is 3.09. The molecular weight excluding hydrogens is 130 g/mol. The molecular formula is C7H9NO2. The molecule has 0 unspecified atom stereocenters. The molecule has 1 aromatic rings. The summed E-state index contributed by atoms with van der Waals surface area (Å²) in [5.41, 5.74) is 1.62. The van der Waals surface area contributed by atoms with E-state index in [0.717, 1.165) is 5.56 Å². The minimum atomic E-state index is -0.0745. The lowest BCUT2D eigenvalue weighted by molar-refractivity contribution is -0.606. The molecule has 0 aromatic carbocycles. The molecule has 54 valence electrons. The average molecular weight is 139 g/mol. The fourth-order valence-electron chi connectivity index (χ4n) is 0.756. The van der Waals surface area contributed by atoms with E-state index >= 15 is 0 Å². The quantitative estimate of drug-likeness (QED) is 0.443. The second-order valence-electron chi connectivity index (χ2n) is 2.17. The van der Waals surface area contributed by atoms with Crippen LogP contribution < -0.4 is 4.73 Å². The first-order valence-electron chi connectivity index (χ1n) is 3.03. The number of aliphatic hydroxyl groups is 1. The van der Waals surface area contributed by atoms with Crippen molar-refractivity contribution in [3.63, 3.8) is 0 Å². The van der Waals surface area contributed by atoms with E-state index in [9.17, 15) is 5.21 Å². The summed E-state index contributed by atoms with van der Waals surface area (Å²) < 4.78 is 0.679. The molecule has 0 aliphatic heterocycles. The Hall–Kier alpha value is -1.09. The van der Waals surface area contributed by atoms with Crippen molar-refractivity contribution in [1.82, 2.24) is 0 Å². The van der Waals surface area contributed by atoms with Gasteiger partial charge < -0.3 is 10.3 Å². The number of aromatic nitrogens is 1. The molecule has 1 heterocycles. The first-order valence-corrected chi connectivity index (χ1v) is 3.03. The molecule has 1 rings (SSSR count). The molecule has 0 aliphatic rings. The smallest absolute Gasteiger partial charge is 0.186 e. The van der Waals surface area contributed by atoms with Crippen LogP contribution in [0.25, 0.3) is 0 Å². The van der Waals surface area contributed by atoms with Gasteiger partial charge in [0.1, 0.15) is 0 Å². The van der Waals surface area contributed by atoms with Gasteiger partial charge in [-0.15, -0.1) is 0 Å². The molecule has 3 heteroatoms. The van der Waals surface area contributed by atoms with Gasteiger partial charge >= 0.3 is 0 Å². The lowest BCUT2D eigenvalue weighted by atomic mass is 10.2. The van der Waals surface area contributed by atoms with E-state index in [2.05, 4.69) is 0 Å². The van der Waals surface area contributed by atoms with Crippen LogP contribution in [0.1, 0.15) is 11.1 Å². The van der Waals surface area contributed by atoms with E-state index in [4.69, 9.17) is 5.11 Å². The van der Waals surface area contributed by atoms with E-state index < -0.39 is 0 Å². The topological polar surface area (TPSA) is 47.2 Å². The predicted octanol–water partition coefficient (Wildman–Crippen LogP) is 0.121. The van der Waals surface area contributed by atoms with Crippen LogP contribution in [0.2, 0.25) is 0 Å². The molecule has 0 aliphatic carbocycles. The van der Waals surface area contributed by atoms with E-state index in [0.29, 0.717) is 10.3 Å². The van der Waals surface area contributed by atoms with Crippen LogP contribution in [0.3, 0.4) is 0 Å². The number of nitrogens with zero attached hydrogens (tertiary/aromatic N) is 1. The second kappa shape index (κ2) is 2.66. The Morgan fingerprint density at radius 3 is 2.90 bits per heavy atom. The summed E-state index contributed by atoms with van der Waals surface area (Å²) in [5.74, 6) is 0. The van der Waals surface area contributed by atoms with E-state index in [1.54, 1.807) is 6.07 Å². The van der Waals surface area contributed by atoms with Gasteiger partial charge in [-0.25, -0.2) is 0 Å². The second-order valence-corrected chi connectivity index (χ2v) is 2.17. The Bertz CT molecular complexity index is 235. The van der Waals surface area contributed by atoms with Crippen LogP contribution in [0.4, 0.5) is 0 Å². The average Bonchev–Trinajstić information content (AvgIpc) is 1.94. The normalized spacial score (nSPS) is 9.80. The fraction of sp³-hybridized carbons (Fsp3) is 0.286. The Morgan fingerprint density at radius 2 is 2.40 bits per heavy atom. The highest BCUT2D eigenvalue weighted by atomic mass is 16.5. The molecule has 0 fully saturated rings. The van der Waals surface area contributed by atoms with Gasteiger partial charge in [0.05, 0.1) is 6.61 Å². The third-order valence-electron chi connectivity index (χ3n) is 1.43. The zero-order valence-electron chi connectivity index (χ0n) is 5.74. The Kier molecular flexibility index (Phi) is 1.87. The van der Waals surface area contributed by atoms with Crippen molar-refractivity contribution < 1.29 is 9.84 Å². The molecule has 3 nitrogen and oxygen atoms in total. The van der Waals surface area contributed by atoms with E-state index in [1.165, 1.54) is 12.4 Å². The third-order valence-corrected chi connectivity index (χ3v) is 1.43. The van der Waals surface area contributed by atoms with Gasteiger partial charge in [-0.05, 0) is 12.5 Å². The highest BCUT2D eigenvalue weighted by molar-refractivity contribution is 5.17. The zero-order chi connectivity index (χ0) is 7.56. The highest BCUT2D eigenvalue weighted by Gasteiger charge is 1.99. The molecule has 1 N–H and O–H groups in total. The van der Waals surface area contributed by atoms with E-state index in [-0.39, 0.29) is 6.61 Å². The van der Waals surface area contributed by atoms with E-state index in [1.807, 2.05) is 6.92 Å². The molecule has 0 saturated carbocycles. The van der Waals surface area contributed by atoms with Crippen molar-refractivity contribution >= 4 is 0 Å². The summed E-state index contributed by atoms with van der Waals surface area (Å²) in [7, 11) is 0. The number of pyridine rings is 1. The number of hydrogen-bond acceptors (Lipinski definition) is 2. The van der Waals surface area contributed by atoms with Gasteiger partial charge in [0.25, 0.3) is 0 Å². The highest BCUT2D eigenvalue weighted by Crippen LogP contribution is 2.01. The zero-order valence-corrected chi connectivity index (χ0v) is 5.74. The molecule has 1 aromatic heterocycles. The molecule has 10 heavy (non-hydrogen) atoms. The maximum atomic E-state index is 10.6. The maximum Gasteiger partial charge on any atom is 0.186 e. The minimum Gasteiger partial charge on any atom is -0.619 e. The largest absolute Gasteiger partial charge is 0.619 e. The molecule has 0 saturated heterocycles. The Labute approximate surface area is 59.1 Å². The summed E-state index contributed by atoms with van der Waals surface area (Å²) in [6.45, 7) is 1.78. The van der Waals surface area contributed by atoms with Crippen molar-refractivity contribution in [2.24, 2.45) is 0 Å². The van der Waals surface area contributed by atoms with Crippen LogP contribution in [0, 0.1) is 12.1 Å². The van der Waals surface area contributed by atoms with Gasteiger partial charge in [0.15, 0.2) is 12.4 Å². The monoisotopic (exact) mass is 139 g/mol. The number of aryl methyl sites for hydroxylation is 1. The molecule has 0 atom stereocenters. The molecule has 0 radical (unpaired) electrons. The third kappa shape index (κ3) is 1.25. The van der Waals surface area contributed by atoms with Crippen LogP contribution in [0.15, 0.2) is 18.5 Å². The van der Waals surface area contributed by atoms with Crippen molar-refractivity contribution in [3.8, 4) is 0 Å². The van der Waals surface area contributed by atoms with Gasteiger partial charge in [0, 0.05) is 11.6 Å². The first-order chi connectivity index (χ1) is 4.74. The van der Waals surface area contributed by atoms with Gasteiger partial charge in [-0.1, -0.05) is 0 Å². The van der Waals surface area contributed by atoms with Gasteiger partial charge in [-0.2, -0.15) is 4.73 Å². The van der Waals surface area contributed by atoms with Crippen molar-refractivity contribution in [1.29, 1.82) is 0 Å². The predicted molar refractivity (Wildman–Crippen MR) is 36.1 cm³/mol. The Morgan fingerprint density at radius 1 is 1.70 bits per heavy atom. The summed E-state index contributed by atoms with van der Waals surface area (Å²) in [6.07, 6.45) is 2.78. The lowest BCUT2D eigenvalue weighted by Crippen LogP contribution is -2.25. The SMILES string of the molecule is Cc1cc[n+]([O-])cc1CO. The van der Waals surface area contributed by atoms with Crippen molar-refractivity contribution in [2.45, 2.75) is 13.5 Å². The van der Waals surface area contributed by atoms with Crippen molar-refractivity contribution in [3.05, 3.63) is 34.8 Å². The van der Waals surface area contributed by atoms with Gasteiger partial charge in [0.2, 0.25) is 0 Å². The summed E-state index contributed by atoms with van der Waals surface area (Å²) in [6, 6.07) is 1.68. The fourth-order valence-corrected chi connectivity index (χ4v) is 0.756. The number of aliphatic hydroxyl groups excluding tert-OH is 1. The number of hydrogen-bond donors (Lipinski definition) is 1. The summed E-state index contributed by atoms with van der Waals surface area (Å²) in [5, 5.41) is 19.3. The van der Waals surface area contributed by atoms with Crippen LogP contribution in [0.5, 0.6) is 0 Å². The number of rotatable bonds is 1. The van der Waals surface area contributed by atoms with Crippen LogP contribution in [-0.4, -0.2) is 5.11 Å². The van der Waals surface area contributed by atoms with Gasteiger partial charge in [-0.3, -0.25) is 0 Å². The summed E-state index contributed by atoms with van der Waals surface area (Å²) in [4.78, 5) is 0. The summed E-state index contributed by atoms with van der Waals surface area (Å²) >= 11 is 0. The standard InChI is InChI=1S/C7H9NO2/c1-6-2-3-8(10)4-7(6)5-9/h2-4,9H,5H2,1H3. The minimum absolute atomic E-state index is 0.0745. The van der Waals surface area contributed by atoms with Crippen molar-refractivity contribution in [2.75, 3.05) is 0 Å². The molecule has 0 spiro atoms. The first kappa shape index (κ1) is 7.02. The molecule has 0 bridgehead atoms. The van der Waals surface area contributed by atoms with Crippen LogP contribution in [-0.2, 0) is 6.61 Å². The molecule has 0 amide bonds. The van der Waals surface area contributed by atoms with Crippen LogP contribution >= 0.6 is 0 Å². The maximum absolute atomic E-state index is 10.6.